The number of ether oxygens (including phenoxy) is 1. The second-order valence-electron chi connectivity index (χ2n) is 7.04. The lowest BCUT2D eigenvalue weighted by Crippen LogP contribution is -2.22. The molecule has 0 aliphatic carbocycles. The zero-order valence-corrected chi connectivity index (χ0v) is 16.3. The Morgan fingerprint density at radius 2 is 1.89 bits per heavy atom. The highest BCUT2D eigenvalue weighted by Gasteiger charge is 2.13. The highest BCUT2D eigenvalue weighted by Crippen LogP contribution is 2.27. The average molecular weight is 367 g/mol. The minimum Gasteiger partial charge on any atom is -0.496 e. The molecule has 2 N–H and O–H groups in total. The van der Waals surface area contributed by atoms with Crippen LogP contribution in [0, 0.1) is 0 Å². The van der Waals surface area contributed by atoms with Gasteiger partial charge in [0.05, 0.1) is 25.2 Å². The van der Waals surface area contributed by atoms with Crippen LogP contribution >= 0.6 is 0 Å². The van der Waals surface area contributed by atoms with Crippen LogP contribution in [0.3, 0.4) is 0 Å². The summed E-state index contributed by atoms with van der Waals surface area (Å²) in [5.74, 6) is 1.18. The number of Topliss-reactive ketones (excluding diaryl/α,β-unsaturated/α-hetero) is 1. The van der Waals surface area contributed by atoms with Gasteiger partial charge in [-0.05, 0) is 62.7 Å². The first-order valence-corrected chi connectivity index (χ1v) is 9.63. The molecule has 0 spiro atoms. The first-order valence-electron chi connectivity index (χ1n) is 9.63. The lowest BCUT2D eigenvalue weighted by Gasteiger charge is -2.17. The fraction of sp³-hybridized carbons (Fsp3) is 0.409. The quantitative estimate of drug-likeness (QED) is 0.491. The molecule has 0 unspecified atom stereocenters. The van der Waals surface area contributed by atoms with Gasteiger partial charge in [-0.3, -0.25) is 4.79 Å². The maximum Gasteiger partial charge on any atom is 0.162 e. The number of anilines is 2. The van der Waals surface area contributed by atoms with Crippen molar-refractivity contribution in [1.82, 2.24) is 4.90 Å². The monoisotopic (exact) mass is 367 g/mol. The lowest BCUT2D eigenvalue weighted by atomic mass is 10.0. The molecule has 0 fully saturated rings. The van der Waals surface area contributed by atoms with Crippen molar-refractivity contribution in [3.8, 4) is 5.75 Å². The Morgan fingerprint density at radius 3 is 2.74 bits per heavy atom. The van der Waals surface area contributed by atoms with E-state index < -0.39 is 0 Å². The maximum absolute atomic E-state index is 12.4. The molecule has 0 atom stereocenters. The SMILES string of the molecule is COc1ccccc1CCN(C)CCCCC(=O)c1ccc2c(c1)NCN2. The van der Waals surface area contributed by atoms with E-state index >= 15 is 0 Å². The Labute approximate surface area is 161 Å². The van der Waals surface area contributed by atoms with Crippen molar-refractivity contribution in [1.29, 1.82) is 0 Å². The van der Waals surface area contributed by atoms with Gasteiger partial charge in [0, 0.05) is 18.5 Å². The summed E-state index contributed by atoms with van der Waals surface area (Å²) in [4.78, 5) is 14.7. The zero-order valence-electron chi connectivity index (χ0n) is 16.3. The van der Waals surface area contributed by atoms with E-state index in [-0.39, 0.29) is 5.78 Å². The number of methoxy groups -OCH3 is 1. The first kappa shape index (κ1) is 19.2. The van der Waals surface area contributed by atoms with Gasteiger partial charge >= 0.3 is 0 Å². The number of nitrogens with zero attached hydrogens (tertiary/aromatic N) is 1. The maximum atomic E-state index is 12.4. The third-order valence-electron chi connectivity index (χ3n) is 5.05. The second kappa shape index (κ2) is 9.42. The summed E-state index contributed by atoms with van der Waals surface area (Å²) in [5.41, 5.74) is 4.14. The molecule has 0 saturated heterocycles. The average Bonchev–Trinajstić information content (AvgIpc) is 3.17. The fourth-order valence-corrected chi connectivity index (χ4v) is 3.40. The van der Waals surface area contributed by atoms with Crippen LogP contribution in [-0.2, 0) is 6.42 Å². The number of ketones is 1. The third-order valence-corrected chi connectivity index (χ3v) is 5.05. The lowest BCUT2D eigenvalue weighted by molar-refractivity contribution is 0.0978. The van der Waals surface area contributed by atoms with Crippen molar-refractivity contribution in [3.63, 3.8) is 0 Å². The number of likely N-dealkylation sites (N-methyl/N-ethyl adjacent to an activating group) is 1. The first-order chi connectivity index (χ1) is 13.2. The van der Waals surface area contributed by atoms with Gasteiger partial charge in [-0.1, -0.05) is 18.2 Å². The van der Waals surface area contributed by atoms with Crippen LogP contribution in [0.2, 0.25) is 0 Å². The molecule has 0 amide bonds. The number of hydrogen-bond acceptors (Lipinski definition) is 5. The third kappa shape index (κ3) is 5.23. The number of carbonyl (C=O) groups excluding carboxylic acids is 1. The van der Waals surface area contributed by atoms with Crippen LogP contribution in [0.5, 0.6) is 5.75 Å². The minimum absolute atomic E-state index is 0.225. The van der Waals surface area contributed by atoms with E-state index in [9.17, 15) is 4.79 Å². The number of nitrogens with one attached hydrogen (secondary N) is 2. The van der Waals surface area contributed by atoms with Crippen molar-refractivity contribution >= 4 is 17.2 Å². The second-order valence-corrected chi connectivity index (χ2v) is 7.04. The topological polar surface area (TPSA) is 53.6 Å². The van der Waals surface area contributed by atoms with Crippen molar-refractivity contribution in [2.45, 2.75) is 25.7 Å². The number of unbranched alkanes of at least 4 members (excludes halogenated alkanes) is 1. The van der Waals surface area contributed by atoms with Gasteiger partial charge in [0.2, 0.25) is 0 Å². The normalized spacial score (nSPS) is 12.4. The molecule has 1 heterocycles. The Balaban J connectivity index is 1.36. The van der Waals surface area contributed by atoms with Gasteiger partial charge in [-0.15, -0.1) is 0 Å². The number of hydrogen-bond donors (Lipinski definition) is 2. The number of benzene rings is 2. The number of para-hydroxylation sites is 1. The molecule has 1 aliphatic rings. The Kier molecular flexibility index (Phi) is 6.71. The van der Waals surface area contributed by atoms with Gasteiger partial charge < -0.3 is 20.3 Å². The standard InChI is InChI=1S/C22H29N3O2/c1-25(14-12-17-7-3-4-9-22(17)27-2)13-6-5-8-21(26)18-10-11-19-20(15-18)24-16-23-19/h3-4,7,9-11,15,23-24H,5-6,8,12-14,16H2,1-2H3. The van der Waals surface area contributed by atoms with Crippen molar-refractivity contribution < 1.29 is 9.53 Å². The highest BCUT2D eigenvalue weighted by atomic mass is 16.5. The summed E-state index contributed by atoms with van der Waals surface area (Å²) in [6, 6.07) is 14.0. The van der Waals surface area contributed by atoms with Crippen LogP contribution < -0.4 is 15.4 Å². The van der Waals surface area contributed by atoms with E-state index in [1.165, 1.54) is 5.56 Å². The Morgan fingerprint density at radius 1 is 1.07 bits per heavy atom. The van der Waals surface area contributed by atoms with E-state index in [2.05, 4.69) is 28.6 Å². The fourth-order valence-electron chi connectivity index (χ4n) is 3.40. The minimum atomic E-state index is 0.225. The molecule has 1 aliphatic heterocycles. The molecule has 5 nitrogen and oxygen atoms in total. The largest absolute Gasteiger partial charge is 0.496 e. The van der Waals surface area contributed by atoms with Crippen LogP contribution in [0.4, 0.5) is 11.4 Å². The zero-order chi connectivity index (χ0) is 19.1. The summed E-state index contributed by atoms with van der Waals surface area (Å²) in [5, 5.41) is 6.46. The molecule has 0 saturated carbocycles. The van der Waals surface area contributed by atoms with Crippen molar-refractivity contribution in [2.75, 3.05) is 44.5 Å². The van der Waals surface area contributed by atoms with Crippen molar-refractivity contribution in [2.24, 2.45) is 0 Å². The molecule has 0 radical (unpaired) electrons. The molecule has 144 valence electrons. The molecular formula is C22H29N3O2. The molecule has 2 aromatic carbocycles. The van der Waals surface area contributed by atoms with E-state index in [4.69, 9.17) is 4.74 Å². The molecule has 5 heteroatoms. The van der Waals surface area contributed by atoms with Gasteiger partial charge in [-0.2, -0.15) is 0 Å². The van der Waals surface area contributed by atoms with Crippen LogP contribution in [0.25, 0.3) is 0 Å². The van der Waals surface area contributed by atoms with Gasteiger partial charge in [0.15, 0.2) is 5.78 Å². The predicted octanol–water partition coefficient (Wildman–Crippen LogP) is 4.02. The highest BCUT2D eigenvalue weighted by molar-refractivity contribution is 5.98. The molecule has 27 heavy (non-hydrogen) atoms. The summed E-state index contributed by atoms with van der Waals surface area (Å²) in [6.45, 7) is 2.71. The summed E-state index contributed by atoms with van der Waals surface area (Å²) in [6.07, 6.45) is 3.52. The molecule has 2 aromatic rings. The van der Waals surface area contributed by atoms with Crippen molar-refractivity contribution in [3.05, 3.63) is 53.6 Å². The summed E-state index contributed by atoms with van der Waals surface area (Å²) in [7, 11) is 3.85. The van der Waals surface area contributed by atoms with Gasteiger partial charge in [-0.25, -0.2) is 0 Å². The number of rotatable bonds is 10. The Hall–Kier alpha value is -2.53. The summed E-state index contributed by atoms with van der Waals surface area (Å²) >= 11 is 0. The molecule has 0 bridgehead atoms. The molecule has 0 aromatic heterocycles. The van der Waals surface area contributed by atoms with E-state index in [1.807, 2.05) is 36.4 Å². The summed E-state index contributed by atoms with van der Waals surface area (Å²) < 4.78 is 5.41. The molecular weight excluding hydrogens is 338 g/mol. The number of carbonyl (C=O) groups is 1. The van der Waals surface area contributed by atoms with E-state index in [0.717, 1.165) is 61.7 Å². The smallest absolute Gasteiger partial charge is 0.162 e. The molecule has 3 rings (SSSR count). The van der Waals surface area contributed by atoms with E-state index in [1.54, 1.807) is 7.11 Å². The van der Waals surface area contributed by atoms with Crippen LogP contribution in [0.1, 0.15) is 35.2 Å². The van der Waals surface area contributed by atoms with E-state index in [0.29, 0.717) is 6.42 Å². The van der Waals surface area contributed by atoms with Crippen LogP contribution in [0.15, 0.2) is 42.5 Å². The van der Waals surface area contributed by atoms with Gasteiger partial charge in [0.1, 0.15) is 5.75 Å². The van der Waals surface area contributed by atoms with Gasteiger partial charge in [0.25, 0.3) is 0 Å². The Bertz CT molecular complexity index is 776. The number of fused-ring (bicyclic) bond motifs is 1. The predicted molar refractivity (Wildman–Crippen MR) is 111 cm³/mol. The van der Waals surface area contributed by atoms with Crippen LogP contribution in [-0.4, -0.2) is 44.6 Å².